The molecule has 1 aromatic rings. The number of carbonyl (C=O) groups is 1. The molecule has 1 aromatic carbocycles. The molecule has 1 saturated heterocycles. The Labute approximate surface area is 99.9 Å². The van der Waals surface area contributed by atoms with Gasteiger partial charge in [-0.2, -0.15) is 0 Å². The third-order valence-electron chi connectivity index (χ3n) is 1.74. The summed E-state index contributed by atoms with van der Waals surface area (Å²) >= 11 is 0. The van der Waals surface area contributed by atoms with Gasteiger partial charge < -0.3 is 18.9 Å². The van der Waals surface area contributed by atoms with Crippen LogP contribution in [0, 0.1) is 0 Å². The van der Waals surface area contributed by atoms with E-state index in [1.807, 2.05) is 0 Å². The summed E-state index contributed by atoms with van der Waals surface area (Å²) in [6, 6.07) is 6.02. The summed E-state index contributed by atoms with van der Waals surface area (Å²) in [6.45, 7) is -6.05. The van der Waals surface area contributed by atoms with Crippen LogP contribution in [0.4, 0.5) is 4.79 Å². The third-order valence-corrected chi connectivity index (χ3v) is 1.74. The number of hydrogen-bond acceptors (Lipinski definition) is 5. The summed E-state index contributed by atoms with van der Waals surface area (Å²) in [4.78, 5) is 11.0. The highest BCUT2D eigenvalue weighted by Crippen LogP contribution is 2.26. The van der Waals surface area contributed by atoms with Crippen molar-refractivity contribution in [3.05, 3.63) is 24.3 Å². The molecule has 0 N–H and O–H groups in total. The van der Waals surface area contributed by atoms with Gasteiger partial charge in [-0.3, -0.25) is 0 Å². The van der Waals surface area contributed by atoms with Gasteiger partial charge in [0.05, 0.1) is 14.0 Å². The number of rotatable bonds is 4. The van der Waals surface area contributed by atoms with Crippen molar-refractivity contribution in [2.24, 2.45) is 0 Å². The van der Waals surface area contributed by atoms with Crippen LogP contribution in [0.15, 0.2) is 24.3 Å². The van der Waals surface area contributed by atoms with Crippen molar-refractivity contribution in [3.63, 3.8) is 0 Å². The zero-order valence-electron chi connectivity index (χ0n) is 13.4. The largest absolute Gasteiger partial charge is 0.508 e. The number of hydrogen-bond donors (Lipinski definition) is 0. The van der Waals surface area contributed by atoms with Gasteiger partial charge in [-0.1, -0.05) is 12.1 Å². The summed E-state index contributed by atoms with van der Waals surface area (Å²) in [7, 11) is 1.34. The Balaban J connectivity index is 2.36. The van der Waals surface area contributed by atoms with Crippen LogP contribution in [0.5, 0.6) is 11.5 Å². The van der Waals surface area contributed by atoms with E-state index < -0.39 is 25.4 Å². The number of ether oxygens (including phenoxy) is 4. The molecule has 1 heterocycles. The zero-order chi connectivity index (χ0) is 15.9. The number of carbonyl (C=O) groups excluding carboxylic acids is 1. The van der Waals surface area contributed by atoms with E-state index in [1.54, 1.807) is 6.07 Å². The highest BCUT2D eigenvalue weighted by Gasteiger charge is 2.25. The fourth-order valence-corrected chi connectivity index (χ4v) is 1.06. The first kappa shape index (κ1) is 5.98. The van der Waals surface area contributed by atoms with Crippen LogP contribution < -0.4 is 9.47 Å². The lowest BCUT2D eigenvalue weighted by molar-refractivity contribution is 0.0975. The van der Waals surface area contributed by atoms with Crippen molar-refractivity contribution in [2.75, 3.05) is 20.2 Å². The van der Waals surface area contributed by atoms with Gasteiger partial charge in [-0.25, -0.2) is 4.79 Å². The molecular weight excluding hydrogens is 212 g/mol. The maximum atomic E-state index is 11.0. The molecule has 0 spiro atoms. The normalized spacial score (nSPS) is 32.1. The first-order valence-corrected chi connectivity index (χ1v) is 4.37. The van der Waals surface area contributed by atoms with Crippen LogP contribution in [0.3, 0.4) is 0 Å². The van der Waals surface area contributed by atoms with E-state index in [-0.39, 0.29) is 11.5 Å². The lowest BCUT2D eigenvalue weighted by Gasteiger charge is -2.11. The minimum atomic E-state index is -3.03. The maximum absolute atomic E-state index is 11.0. The van der Waals surface area contributed by atoms with Crippen LogP contribution in [0.2, 0.25) is 0 Å². The van der Waals surface area contributed by atoms with E-state index in [9.17, 15) is 4.79 Å². The van der Waals surface area contributed by atoms with E-state index in [0.29, 0.717) is 0 Å². The van der Waals surface area contributed by atoms with Gasteiger partial charge in [0.2, 0.25) is 0 Å². The van der Waals surface area contributed by atoms with Crippen LogP contribution in [-0.2, 0) is 9.47 Å². The molecule has 1 aliphatic heterocycles. The Bertz CT molecular complexity index is 564. The van der Waals surface area contributed by atoms with Gasteiger partial charge in [0.25, 0.3) is 0 Å². The van der Waals surface area contributed by atoms with Crippen molar-refractivity contribution in [3.8, 4) is 11.5 Å². The van der Waals surface area contributed by atoms with Crippen LogP contribution in [-0.4, -0.2) is 32.5 Å². The standard InChI is InChI=1S/C11H12O5/c1-13-9-4-2-3-5-10(9)14-6-8-7-15-11(12)16-8/h2-5,8H,6-7H2,1H3/i6D2,7D2,8D. The molecule has 86 valence electrons. The zero-order valence-corrected chi connectivity index (χ0v) is 8.35. The molecule has 0 aliphatic carbocycles. The topological polar surface area (TPSA) is 54.0 Å². The molecule has 0 aromatic heterocycles. The average Bonchev–Trinajstić information content (AvgIpc) is 2.59. The van der Waals surface area contributed by atoms with Crippen molar-refractivity contribution in [1.82, 2.24) is 0 Å². The molecule has 1 unspecified atom stereocenters. The second-order valence-corrected chi connectivity index (χ2v) is 2.74. The molecule has 1 atom stereocenters. The van der Waals surface area contributed by atoms with Gasteiger partial charge in [0.15, 0.2) is 17.6 Å². The van der Waals surface area contributed by atoms with Gasteiger partial charge in [-0.05, 0) is 12.1 Å². The number of benzene rings is 1. The summed E-state index contributed by atoms with van der Waals surface area (Å²) < 4.78 is 56.8. The number of para-hydroxylation sites is 2. The van der Waals surface area contributed by atoms with Crippen LogP contribution in [0.1, 0.15) is 6.85 Å². The van der Waals surface area contributed by atoms with Crippen LogP contribution in [0.25, 0.3) is 0 Å². The Morgan fingerprint density at radius 2 is 2.38 bits per heavy atom. The van der Waals surface area contributed by atoms with Gasteiger partial charge in [-0.15, -0.1) is 0 Å². The van der Waals surface area contributed by atoms with Gasteiger partial charge in [0, 0.05) is 0 Å². The second kappa shape index (κ2) is 4.74. The van der Waals surface area contributed by atoms with Crippen molar-refractivity contribution in [1.29, 1.82) is 0 Å². The number of cyclic esters (lactones) is 2. The number of methoxy groups -OCH3 is 1. The molecule has 2 rings (SSSR count). The van der Waals surface area contributed by atoms with E-state index >= 15 is 0 Å². The minimum absolute atomic E-state index is 0.0737. The SMILES string of the molecule is [2H]C1([2H])OC(=O)OC1([2H])C([2H])([2H])Oc1ccccc1OC. The fourth-order valence-electron chi connectivity index (χ4n) is 1.06. The highest BCUT2D eigenvalue weighted by atomic mass is 16.8. The lowest BCUT2D eigenvalue weighted by atomic mass is 10.3. The molecule has 0 bridgehead atoms. The molecule has 1 fully saturated rings. The van der Waals surface area contributed by atoms with Crippen molar-refractivity contribution in [2.45, 2.75) is 6.08 Å². The Kier molecular flexibility index (Phi) is 1.77. The van der Waals surface area contributed by atoms with Gasteiger partial charge >= 0.3 is 6.16 Å². The monoisotopic (exact) mass is 229 g/mol. The summed E-state index contributed by atoms with van der Waals surface area (Å²) in [5.41, 5.74) is 0. The predicted octanol–water partition coefficient (Wildman–Crippen LogP) is 1.61. The molecule has 0 saturated carbocycles. The maximum Gasteiger partial charge on any atom is 0.508 e. The summed E-state index contributed by atoms with van der Waals surface area (Å²) in [5.74, 6) is 0.103. The molecule has 5 nitrogen and oxygen atoms in total. The summed E-state index contributed by atoms with van der Waals surface area (Å²) in [6.07, 6.45) is -4.51. The Hall–Kier alpha value is -1.91. The van der Waals surface area contributed by atoms with E-state index in [2.05, 4.69) is 9.47 Å². The lowest BCUT2D eigenvalue weighted by Crippen LogP contribution is -2.20. The smallest absolute Gasteiger partial charge is 0.493 e. The van der Waals surface area contributed by atoms with E-state index in [1.165, 1.54) is 25.3 Å². The highest BCUT2D eigenvalue weighted by molar-refractivity contribution is 5.61. The predicted molar refractivity (Wildman–Crippen MR) is 54.7 cm³/mol. The average molecular weight is 229 g/mol. The molecule has 0 amide bonds. The van der Waals surface area contributed by atoms with Crippen molar-refractivity contribution < 1.29 is 30.6 Å². The molecule has 0 radical (unpaired) electrons. The molecule has 1 aliphatic rings. The van der Waals surface area contributed by atoms with Gasteiger partial charge in [0.1, 0.15) is 13.1 Å². The van der Waals surface area contributed by atoms with Crippen LogP contribution >= 0.6 is 0 Å². The van der Waals surface area contributed by atoms with E-state index in [0.717, 1.165) is 0 Å². The Morgan fingerprint density at radius 3 is 3.00 bits per heavy atom. The quantitative estimate of drug-likeness (QED) is 0.734. The first-order chi connectivity index (χ1) is 9.63. The molecule has 5 heteroatoms. The van der Waals surface area contributed by atoms with E-state index in [4.69, 9.17) is 16.3 Å². The first-order valence-electron chi connectivity index (χ1n) is 6.87. The fraction of sp³-hybridized carbons (Fsp3) is 0.364. The Morgan fingerprint density at radius 1 is 1.62 bits per heavy atom. The summed E-state index contributed by atoms with van der Waals surface area (Å²) in [5, 5.41) is 0. The molecular formula is C11H12O5. The minimum Gasteiger partial charge on any atom is -0.493 e. The third kappa shape index (κ3) is 2.36. The van der Waals surface area contributed by atoms with Crippen molar-refractivity contribution >= 4 is 6.16 Å². The molecule has 16 heavy (non-hydrogen) atoms. The second-order valence-electron chi connectivity index (χ2n) is 2.74.